The standard InChI is InChI=1S/C54H33NOS/c1-2-13-34(14-3-1)38-32-48-51-45-20-8-6-17-42(45)43-18-7-9-21-46(43)53(51)56-52(48)49(33-38)55(40-30-25-35-15-4-5-16-37(35)31-40)39-28-26-36(27-29-39)41-22-12-23-47-44-19-10-11-24-50(44)57-54(41)47/h1-33H. The second-order valence-corrected chi connectivity index (χ2v) is 15.9. The smallest absolute Gasteiger partial charge is 0.159 e. The SMILES string of the molecule is c1ccc(-c2cc(N(c3ccc(-c4cccc5c4sc4ccccc45)cc3)c3ccc4ccccc4c3)c3oc4c5ccccc5c5ccccc5c4c3c2)cc1. The lowest BCUT2D eigenvalue weighted by molar-refractivity contribution is 0.673. The lowest BCUT2D eigenvalue weighted by Crippen LogP contribution is -2.10. The third-order valence-corrected chi connectivity index (χ3v) is 12.8. The van der Waals surface area contributed by atoms with Gasteiger partial charge in [-0.15, -0.1) is 11.3 Å². The molecule has 0 fully saturated rings. The van der Waals surface area contributed by atoms with Gasteiger partial charge < -0.3 is 9.32 Å². The molecule has 10 aromatic carbocycles. The maximum Gasteiger partial charge on any atom is 0.159 e. The van der Waals surface area contributed by atoms with E-state index in [0.29, 0.717) is 0 Å². The van der Waals surface area contributed by atoms with E-state index in [2.05, 4.69) is 205 Å². The molecule has 0 aliphatic heterocycles. The quantitative estimate of drug-likeness (QED) is 0.163. The number of fused-ring (bicyclic) bond motifs is 12. The minimum absolute atomic E-state index is 0.860. The van der Waals surface area contributed by atoms with Crippen LogP contribution in [0.15, 0.2) is 205 Å². The summed E-state index contributed by atoms with van der Waals surface area (Å²) in [5.41, 5.74) is 9.62. The Hall–Kier alpha value is -7.20. The fourth-order valence-corrected chi connectivity index (χ4v) is 10.2. The molecule has 2 aromatic heterocycles. The molecule has 0 aliphatic carbocycles. The second kappa shape index (κ2) is 12.7. The Balaban J connectivity index is 1.15. The maximum absolute atomic E-state index is 7.24. The van der Waals surface area contributed by atoms with E-state index in [0.717, 1.165) is 55.5 Å². The summed E-state index contributed by atoms with van der Waals surface area (Å²) in [4.78, 5) is 2.39. The van der Waals surface area contributed by atoms with Crippen LogP contribution in [0.4, 0.5) is 17.1 Å². The monoisotopic (exact) mass is 743 g/mol. The highest BCUT2D eigenvalue weighted by Crippen LogP contribution is 2.49. The largest absolute Gasteiger partial charge is 0.453 e. The molecule has 2 heterocycles. The molecule has 12 aromatic rings. The first-order valence-corrected chi connectivity index (χ1v) is 20.2. The van der Waals surface area contributed by atoms with Gasteiger partial charge >= 0.3 is 0 Å². The summed E-state index contributed by atoms with van der Waals surface area (Å²) >= 11 is 1.87. The van der Waals surface area contributed by atoms with E-state index in [4.69, 9.17) is 4.42 Å². The highest BCUT2D eigenvalue weighted by atomic mass is 32.1. The lowest BCUT2D eigenvalue weighted by Gasteiger charge is -2.27. The van der Waals surface area contributed by atoms with Gasteiger partial charge in [-0.25, -0.2) is 0 Å². The minimum Gasteiger partial charge on any atom is -0.453 e. The van der Waals surface area contributed by atoms with Gasteiger partial charge in [0.2, 0.25) is 0 Å². The predicted octanol–water partition coefficient (Wildman–Crippen LogP) is 16.2. The van der Waals surface area contributed by atoms with E-state index in [-0.39, 0.29) is 0 Å². The maximum atomic E-state index is 7.24. The van der Waals surface area contributed by atoms with E-state index in [1.165, 1.54) is 58.2 Å². The molecule has 266 valence electrons. The van der Waals surface area contributed by atoms with Crippen molar-refractivity contribution >= 4 is 103 Å². The number of hydrogen-bond donors (Lipinski definition) is 0. The van der Waals surface area contributed by atoms with Gasteiger partial charge in [-0.1, -0.05) is 158 Å². The van der Waals surface area contributed by atoms with Crippen LogP contribution in [0.1, 0.15) is 0 Å². The van der Waals surface area contributed by atoms with Gasteiger partial charge in [-0.3, -0.25) is 0 Å². The first kappa shape index (κ1) is 32.1. The van der Waals surface area contributed by atoms with Gasteiger partial charge in [-0.2, -0.15) is 0 Å². The highest BCUT2D eigenvalue weighted by Gasteiger charge is 2.24. The summed E-state index contributed by atoms with van der Waals surface area (Å²) in [6, 6.07) is 72.6. The summed E-state index contributed by atoms with van der Waals surface area (Å²) in [5, 5.41) is 12.0. The van der Waals surface area contributed by atoms with E-state index in [1.54, 1.807) is 0 Å². The van der Waals surface area contributed by atoms with Crippen molar-refractivity contribution < 1.29 is 4.42 Å². The average molecular weight is 744 g/mol. The molecule has 0 spiro atoms. The number of hydrogen-bond acceptors (Lipinski definition) is 3. The summed E-state index contributed by atoms with van der Waals surface area (Å²) in [6.45, 7) is 0. The van der Waals surface area contributed by atoms with Gasteiger partial charge in [0, 0.05) is 47.7 Å². The normalized spacial score (nSPS) is 11.9. The third kappa shape index (κ3) is 5.03. The molecule has 0 N–H and O–H groups in total. The molecule has 2 nitrogen and oxygen atoms in total. The van der Waals surface area contributed by atoms with Gasteiger partial charge in [-0.05, 0) is 91.6 Å². The predicted molar refractivity (Wildman–Crippen MR) is 245 cm³/mol. The molecule has 0 unspecified atom stereocenters. The fourth-order valence-electron chi connectivity index (χ4n) is 8.96. The Morgan fingerprint density at radius 1 is 0.368 bits per heavy atom. The van der Waals surface area contributed by atoms with Crippen LogP contribution in [-0.4, -0.2) is 0 Å². The van der Waals surface area contributed by atoms with Crippen molar-refractivity contribution in [2.75, 3.05) is 4.90 Å². The first-order chi connectivity index (χ1) is 28.3. The number of rotatable bonds is 5. The molecule has 0 aliphatic rings. The third-order valence-electron chi connectivity index (χ3n) is 11.6. The van der Waals surface area contributed by atoms with Crippen LogP contribution in [0.2, 0.25) is 0 Å². The van der Waals surface area contributed by atoms with E-state index < -0.39 is 0 Å². The van der Waals surface area contributed by atoms with Crippen LogP contribution >= 0.6 is 11.3 Å². The molecule has 57 heavy (non-hydrogen) atoms. The van der Waals surface area contributed by atoms with Gasteiger partial charge in [0.25, 0.3) is 0 Å². The summed E-state index contributed by atoms with van der Waals surface area (Å²) in [5.74, 6) is 0. The van der Waals surface area contributed by atoms with Crippen molar-refractivity contribution in [3.8, 4) is 22.3 Å². The fraction of sp³-hybridized carbons (Fsp3) is 0. The Morgan fingerprint density at radius 3 is 1.84 bits per heavy atom. The zero-order valence-corrected chi connectivity index (χ0v) is 31.6. The number of benzene rings is 10. The lowest BCUT2D eigenvalue weighted by atomic mass is 9.95. The topological polar surface area (TPSA) is 16.4 Å². The van der Waals surface area contributed by atoms with Crippen molar-refractivity contribution in [1.29, 1.82) is 0 Å². The molecular weight excluding hydrogens is 711 g/mol. The van der Waals surface area contributed by atoms with Gasteiger partial charge in [0.1, 0.15) is 5.58 Å². The zero-order valence-electron chi connectivity index (χ0n) is 30.8. The van der Waals surface area contributed by atoms with E-state index >= 15 is 0 Å². The number of nitrogens with zero attached hydrogens (tertiary/aromatic N) is 1. The Kier molecular flexibility index (Phi) is 7.13. The molecule has 0 saturated heterocycles. The Morgan fingerprint density at radius 2 is 1.02 bits per heavy atom. The van der Waals surface area contributed by atoms with Crippen LogP contribution in [0, 0.1) is 0 Å². The number of anilines is 3. The van der Waals surface area contributed by atoms with Crippen LogP contribution in [-0.2, 0) is 0 Å². The molecule has 0 saturated carbocycles. The van der Waals surface area contributed by atoms with Crippen molar-refractivity contribution in [2.45, 2.75) is 0 Å². The molecule has 0 bridgehead atoms. The van der Waals surface area contributed by atoms with E-state index in [9.17, 15) is 0 Å². The average Bonchev–Trinajstić information content (AvgIpc) is 3.87. The van der Waals surface area contributed by atoms with Crippen LogP contribution in [0.25, 0.3) is 96.7 Å². The van der Waals surface area contributed by atoms with Gasteiger partial charge in [0.05, 0.1) is 5.69 Å². The van der Waals surface area contributed by atoms with Crippen molar-refractivity contribution in [1.82, 2.24) is 0 Å². The number of thiophene rings is 1. The van der Waals surface area contributed by atoms with Crippen LogP contribution < -0.4 is 4.90 Å². The Bertz CT molecular complexity index is 3520. The first-order valence-electron chi connectivity index (χ1n) is 19.4. The van der Waals surface area contributed by atoms with E-state index in [1.807, 2.05) is 11.3 Å². The van der Waals surface area contributed by atoms with Gasteiger partial charge in [0.15, 0.2) is 5.58 Å². The summed E-state index contributed by atoms with van der Waals surface area (Å²) < 4.78 is 9.87. The van der Waals surface area contributed by atoms with Crippen molar-refractivity contribution in [3.05, 3.63) is 200 Å². The van der Waals surface area contributed by atoms with Crippen LogP contribution in [0.5, 0.6) is 0 Å². The molecule has 0 atom stereocenters. The summed E-state index contributed by atoms with van der Waals surface area (Å²) in [6.07, 6.45) is 0. The van der Waals surface area contributed by atoms with Crippen molar-refractivity contribution in [2.24, 2.45) is 0 Å². The molecule has 12 rings (SSSR count). The zero-order chi connectivity index (χ0) is 37.5. The second-order valence-electron chi connectivity index (χ2n) is 14.8. The molecule has 3 heteroatoms. The minimum atomic E-state index is 0.860. The molecule has 0 amide bonds. The number of furan rings is 1. The van der Waals surface area contributed by atoms with Crippen LogP contribution in [0.3, 0.4) is 0 Å². The Labute approximate surface area is 333 Å². The summed E-state index contributed by atoms with van der Waals surface area (Å²) in [7, 11) is 0. The van der Waals surface area contributed by atoms with Crippen molar-refractivity contribution in [3.63, 3.8) is 0 Å². The molecular formula is C54H33NOS. The highest BCUT2D eigenvalue weighted by molar-refractivity contribution is 7.26. The molecule has 0 radical (unpaired) electrons.